The molecule has 0 fully saturated rings. The van der Waals surface area contributed by atoms with E-state index in [0.717, 1.165) is 0 Å². The third-order valence-corrected chi connectivity index (χ3v) is 2.56. The minimum Gasteiger partial charge on any atom is -0.462 e. The van der Waals surface area contributed by atoms with Crippen LogP contribution in [0.25, 0.3) is 0 Å². The van der Waals surface area contributed by atoms with E-state index >= 15 is 0 Å². The van der Waals surface area contributed by atoms with Crippen molar-refractivity contribution in [3.05, 3.63) is 15.6 Å². The highest BCUT2D eigenvalue weighted by molar-refractivity contribution is 7.13. The summed E-state index contributed by atoms with van der Waals surface area (Å²) in [6.07, 6.45) is -1.24. The lowest BCUT2D eigenvalue weighted by molar-refractivity contribution is 0.0528. The average molecular weight is 217 g/mol. The summed E-state index contributed by atoms with van der Waals surface area (Å²) >= 11 is 1.17. The first-order chi connectivity index (χ1) is 6.56. The zero-order valence-electron chi connectivity index (χ0n) is 8.33. The predicted octanol–water partition coefficient (Wildman–Crippen LogP) is 2.66. The van der Waals surface area contributed by atoms with Crippen molar-refractivity contribution in [2.24, 2.45) is 0 Å². The van der Waals surface area contributed by atoms with E-state index in [1.807, 2.05) is 0 Å². The summed E-state index contributed by atoms with van der Waals surface area (Å²) in [5.74, 6) is -0.488. The summed E-state index contributed by atoms with van der Waals surface area (Å²) < 4.78 is 17.8. The number of esters is 1. The van der Waals surface area contributed by atoms with Crippen LogP contribution in [0.4, 0.5) is 4.39 Å². The summed E-state index contributed by atoms with van der Waals surface area (Å²) in [6.45, 7) is 5.09. The van der Waals surface area contributed by atoms with Gasteiger partial charge < -0.3 is 4.74 Å². The monoisotopic (exact) mass is 217 g/mol. The number of carbonyl (C=O) groups is 1. The number of aryl methyl sites for hydroxylation is 1. The van der Waals surface area contributed by atoms with Crippen LogP contribution in [0.15, 0.2) is 0 Å². The Labute approximate surface area is 85.9 Å². The van der Waals surface area contributed by atoms with Gasteiger partial charge in [0.2, 0.25) is 0 Å². The minimum atomic E-state index is -1.24. The third kappa shape index (κ3) is 2.29. The molecule has 1 rings (SSSR count). The van der Waals surface area contributed by atoms with E-state index in [2.05, 4.69) is 4.98 Å². The lowest BCUT2D eigenvalue weighted by Crippen LogP contribution is -2.06. The molecule has 0 bridgehead atoms. The molecule has 1 aromatic heterocycles. The highest BCUT2D eigenvalue weighted by Crippen LogP contribution is 2.26. The van der Waals surface area contributed by atoms with Crippen LogP contribution in [0.1, 0.15) is 40.4 Å². The zero-order valence-corrected chi connectivity index (χ0v) is 9.15. The quantitative estimate of drug-likeness (QED) is 0.731. The fourth-order valence-electron chi connectivity index (χ4n) is 1.06. The van der Waals surface area contributed by atoms with Gasteiger partial charge in [0.1, 0.15) is 16.7 Å². The standard InChI is InChI=1S/C9H12FNO2S/c1-4-13-9(12)8-7(5(2)10)11-6(3)14-8/h5H,4H2,1-3H3. The summed E-state index contributed by atoms with van der Waals surface area (Å²) in [5, 5.41) is 0.674. The van der Waals surface area contributed by atoms with Gasteiger partial charge in [-0.3, -0.25) is 0 Å². The van der Waals surface area contributed by atoms with Crippen molar-refractivity contribution in [2.45, 2.75) is 26.9 Å². The van der Waals surface area contributed by atoms with E-state index in [9.17, 15) is 9.18 Å². The molecule has 0 saturated carbocycles. The lowest BCUT2D eigenvalue weighted by atomic mass is 10.3. The average Bonchev–Trinajstić information content (AvgIpc) is 2.48. The van der Waals surface area contributed by atoms with Gasteiger partial charge in [0.15, 0.2) is 0 Å². The highest BCUT2D eigenvalue weighted by atomic mass is 32.1. The SMILES string of the molecule is CCOC(=O)c1sc(C)nc1C(C)F. The molecule has 0 radical (unpaired) electrons. The molecule has 0 spiro atoms. The molecular formula is C9H12FNO2S. The summed E-state index contributed by atoms with van der Waals surface area (Å²) in [4.78, 5) is 15.6. The molecule has 0 saturated heterocycles. The Bertz CT molecular complexity index is 336. The van der Waals surface area contributed by atoms with Crippen LogP contribution in [0, 0.1) is 6.92 Å². The first kappa shape index (κ1) is 11.1. The van der Waals surface area contributed by atoms with E-state index in [-0.39, 0.29) is 17.2 Å². The minimum absolute atomic E-state index is 0.186. The second kappa shape index (κ2) is 4.50. The van der Waals surface area contributed by atoms with E-state index < -0.39 is 12.1 Å². The summed E-state index contributed by atoms with van der Waals surface area (Å²) in [6, 6.07) is 0. The van der Waals surface area contributed by atoms with Crippen molar-refractivity contribution in [1.29, 1.82) is 0 Å². The molecule has 5 heteroatoms. The van der Waals surface area contributed by atoms with Crippen LogP contribution in [0.2, 0.25) is 0 Å². The van der Waals surface area contributed by atoms with Crippen LogP contribution in [0.3, 0.4) is 0 Å². The predicted molar refractivity (Wildman–Crippen MR) is 52.3 cm³/mol. The molecule has 0 aromatic carbocycles. The molecule has 3 nitrogen and oxygen atoms in total. The van der Waals surface area contributed by atoms with Crippen molar-refractivity contribution in [2.75, 3.05) is 6.61 Å². The number of carbonyl (C=O) groups excluding carboxylic acids is 1. The van der Waals surface area contributed by atoms with Crippen LogP contribution in [-0.2, 0) is 4.74 Å². The van der Waals surface area contributed by atoms with Gasteiger partial charge in [-0.2, -0.15) is 0 Å². The second-order valence-corrected chi connectivity index (χ2v) is 3.99. The Morgan fingerprint density at radius 2 is 2.36 bits per heavy atom. The molecule has 0 N–H and O–H groups in total. The van der Waals surface area contributed by atoms with E-state index in [4.69, 9.17) is 4.74 Å². The van der Waals surface area contributed by atoms with Crippen LogP contribution in [0.5, 0.6) is 0 Å². The number of ether oxygens (including phenoxy) is 1. The van der Waals surface area contributed by atoms with Gasteiger partial charge in [-0.1, -0.05) is 0 Å². The van der Waals surface area contributed by atoms with Crippen LogP contribution < -0.4 is 0 Å². The Kier molecular flexibility index (Phi) is 3.57. The number of hydrogen-bond acceptors (Lipinski definition) is 4. The van der Waals surface area contributed by atoms with Gasteiger partial charge >= 0.3 is 5.97 Å². The highest BCUT2D eigenvalue weighted by Gasteiger charge is 2.21. The number of thiazole rings is 1. The van der Waals surface area contributed by atoms with E-state index in [1.165, 1.54) is 18.3 Å². The van der Waals surface area contributed by atoms with Crippen molar-refractivity contribution in [3.63, 3.8) is 0 Å². The van der Waals surface area contributed by atoms with E-state index in [1.54, 1.807) is 13.8 Å². The first-order valence-electron chi connectivity index (χ1n) is 4.34. The largest absolute Gasteiger partial charge is 0.462 e. The van der Waals surface area contributed by atoms with Gasteiger partial charge in [0.05, 0.1) is 11.6 Å². The van der Waals surface area contributed by atoms with Crippen LogP contribution in [-0.4, -0.2) is 17.6 Å². The van der Waals surface area contributed by atoms with Gasteiger partial charge in [-0.25, -0.2) is 14.2 Å². The number of hydrogen-bond donors (Lipinski definition) is 0. The van der Waals surface area contributed by atoms with Crippen LogP contribution >= 0.6 is 11.3 Å². The Morgan fingerprint density at radius 3 is 2.86 bits per heavy atom. The molecule has 1 unspecified atom stereocenters. The molecular weight excluding hydrogens is 205 g/mol. The van der Waals surface area contributed by atoms with Crippen molar-refractivity contribution < 1.29 is 13.9 Å². The summed E-state index contributed by atoms with van der Waals surface area (Å²) in [5.41, 5.74) is 0.186. The maximum absolute atomic E-state index is 13.0. The van der Waals surface area contributed by atoms with Crippen molar-refractivity contribution >= 4 is 17.3 Å². The number of alkyl halides is 1. The lowest BCUT2D eigenvalue weighted by Gasteiger charge is -2.01. The third-order valence-electron chi connectivity index (χ3n) is 1.60. The van der Waals surface area contributed by atoms with Gasteiger partial charge in [0, 0.05) is 0 Å². The molecule has 1 atom stereocenters. The Morgan fingerprint density at radius 1 is 1.71 bits per heavy atom. The number of halogens is 1. The van der Waals surface area contributed by atoms with Gasteiger partial charge in [-0.15, -0.1) is 11.3 Å². The second-order valence-electron chi connectivity index (χ2n) is 2.78. The fourth-order valence-corrected chi connectivity index (χ4v) is 1.95. The van der Waals surface area contributed by atoms with Gasteiger partial charge in [0.25, 0.3) is 0 Å². The van der Waals surface area contributed by atoms with Crippen molar-refractivity contribution in [3.8, 4) is 0 Å². The first-order valence-corrected chi connectivity index (χ1v) is 5.16. The molecule has 1 aromatic rings. The molecule has 14 heavy (non-hydrogen) atoms. The number of rotatable bonds is 3. The zero-order chi connectivity index (χ0) is 10.7. The van der Waals surface area contributed by atoms with Gasteiger partial charge in [-0.05, 0) is 20.8 Å². The normalized spacial score (nSPS) is 12.6. The Balaban J connectivity index is 3.00. The maximum Gasteiger partial charge on any atom is 0.350 e. The van der Waals surface area contributed by atoms with Crippen molar-refractivity contribution in [1.82, 2.24) is 4.98 Å². The molecule has 0 amide bonds. The summed E-state index contributed by atoms with van der Waals surface area (Å²) in [7, 11) is 0. The molecule has 78 valence electrons. The molecule has 0 aliphatic carbocycles. The topological polar surface area (TPSA) is 39.2 Å². The maximum atomic E-state index is 13.0. The number of nitrogens with zero attached hydrogens (tertiary/aromatic N) is 1. The molecule has 0 aliphatic heterocycles. The Hall–Kier alpha value is -0.970. The fraction of sp³-hybridized carbons (Fsp3) is 0.556. The molecule has 0 aliphatic rings. The number of aromatic nitrogens is 1. The smallest absolute Gasteiger partial charge is 0.350 e. The van der Waals surface area contributed by atoms with E-state index in [0.29, 0.717) is 5.01 Å². The molecule has 1 heterocycles.